The Balaban J connectivity index is 1.87. The Hall–Kier alpha value is -2.60. The largest absolute Gasteiger partial charge is 0.489 e. The van der Waals surface area contributed by atoms with Crippen LogP contribution in [0, 0.1) is 0 Å². The zero-order valence-corrected chi connectivity index (χ0v) is 15.8. The zero-order valence-electron chi connectivity index (χ0n) is 15.0. The van der Waals surface area contributed by atoms with Gasteiger partial charge in [-0.1, -0.05) is 42.5 Å². The standard InChI is InChI=1S/C20H21NO4S/c1-20(2,3)21-19(22)13-18(26(21,23)24)16-10-7-11-17(12-16)25-14-15-8-5-4-6-9-15/h4-13H,14H2,1-3H3. The van der Waals surface area contributed by atoms with E-state index in [0.717, 1.165) is 9.87 Å². The van der Waals surface area contributed by atoms with Gasteiger partial charge in [0.2, 0.25) is 0 Å². The molecule has 6 heteroatoms. The summed E-state index contributed by atoms with van der Waals surface area (Å²) in [5.74, 6) is 0.0206. The van der Waals surface area contributed by atoms with Crippen LogP contribution in [0.3, 0.4) is 0 Å². The van der Waals surface area contributed by atoms with Crippen LogP contribution in [0.25, 0.3) is 4.91 Å². The molecule has 0 N–H and O–H groups in total. The lowest BCUT2D eigenvalue weighted by Gasteiger charge is -2.30. The van der Waals surface area contributed by atoms with Gasteiger partial charge in [0.05, 0.1) is 5.54 Å². The van der Waals surface area contributed by atoms with Crippen molar-refractivity contribution in [3.05, 3.63) is 71.8 Å². The predicted octanol–water partition coefficient (Wildman–Crippen LogP) is 3.58. The molecule has 26 heavy (non-hydrogen) atoms. The Bertz CT molecular complexity index is 957. The topological polar surface area (TPSA) is 63.7 Å². The zero-order chi connectivity index (χ0) is 18.9. The van der Waals surface area contributed by atoms with Gasteiger partial charge < -0.3 is 4.74 Å². The molecule has 0 saturated carbocycles. The predicted molar refractivity (Wildman–Crippen MR) is 101 cm³/mol. The molecule has 2 aromatic rings. The smallest absolute Gasteiger partial charge is 0.268 e. The molecule has 0 aromatic heterocycles. The van der Waals surface area contributed by atoms with E-state index >= 15 is 0 Å². The maximum absolute atomic E-state index is 12.8. The lowest BCUT2D eigenvalue weighted by Crippen LogP contribution is -2.45. The SMILES string of the molecule is CC(C)(C)N1C(=O)C=C(c2cccc(OCc3ccccc3)c2)S1(=O)=O. The van der Waals surface area contributed by atoms with Crippen LogP contribution >= 0.6 is 0 Å². The van der Waals surface area contributed by atoms with Gasteiger partial charge >= 0.3 is 0 Å². The second kappa shape index (κ2) is 6.61. The number of ether oxygens (including phenoxy) is 1. The van der Waals surface area contributed by atoms with Crippen molar-refractivity contribution in [2.75, 3.05) is 0 Å². The molecule has 0 atom stereocenters. The second-order valence-corrected chi connectivity index (χ2v) is 8.84. The molecule has 0 radical (unpaired) electrons. The molecule has 0 saturated heterocycles. The van der Waals surface area contributed by atoms with E-state index in [1.165, 1.54) is 6.08 Å². The van der Waals surface area contributed by atoms with Crippen molar-refractivity contribution in [3.63, 3.8) is 0 Å². The van der Waals surface area contributed by atoms with Crippen molar-refractivity contribution in [1.82, 2.24) is 4.31 Å². The first kappa shape index (κ1) is 18.2. The Morgan fingerprint density at radius 3 is 2.31 bits per heavy atom. The van der Waals surface area contributed by atoms with Gasteiger partial charge in [-0.3, -0.25) is 4.79 Å². The van der Waals surface area contributed by atoms with E-state index in [9.17, 15) is 13.2 Å². The van der Waals surface area contributed by atoms with E-state index < -0.39 is 21.5 Å². The van der Waals surface area contributed by atoms with Crippen LogP contribution in [-0.2, 0) is 21.4 Å². The molecule has 3 rings (SSSR count). The van der Waals surface area contributed by atoms with Gasteiger partial charge in [-0.05, 0) is 44.0 Å². The first-order chi connectivity index (χ1) is 12.2. The summed E-state index contributed by atoms with van der Waals surface area (Å²) < 4.78 is 32.4. The van der Waals surface area contributed by atoms with Gasteiger partial charge in [0.15, 0.2) is 0 Å². The first-order valence-electron chi connectivity index (χ1n) is 8.28. The van der Waals surface area contributed by atoms with Crippen LogP contribution in [0.2, 0.25) is 0 Å². The van der Waals surface area contributed by atoms with Gasteiger partial charge in [-0.25, -0.2) is 12.7 Å². The summed E-state index contributed by atoms with van der Waals surface area (Å²) in [4.78, 5) is 12.3. The molecule has 0 fully saturated rings. The number of rotatable bonds is 4. The molecule has 0 bridgehead atoms. The number of sulfonamides is 1. The minimum absolute atomic E-state index is 0.00239. The minimum Gasteiger partial charge on any atom is -0.489 e. The third kappa shape index (κ3) is 3.51. The fourth-order valence-electron chi connectivity index (χ4n) is 2.87. The van der Waals surface area contributed by atoms with Crippen LogP contribution in [0.4, 0.5) is 0 Å². The van der Waals surface area contributed by atoms with Gasteiger partial charge in [0.1, 0.15) is 17.3 Å². The highest BCUT2D eigenvalue weighted by molar-refractivity contribution is 7.99. The molecule has 1 aliphatic heterocycles. The number of hydrogen-bond donors (Lipinski definition) is 0. The van der Waals surface area contributed by atoms with E-state index in [1.54, 1.807) is 45.0 Å². The molecular weight excluding hydrogens is 350 g/mol. The van der Waals surface area contributed by atoms with Crippen LogP contribution in [0.15, 0.2) is 60.7 Å². The number of hydrogen-bond acceptors (Lipinski definition) is 4. The summed E-state index contributed by atoms with van der Waals surface area (Å²) in [7, 11) is -3.88. The molecular formula is C20H21NO4S. The summed E-state index contributed by atoms with van der Waals surface area (Å²) in [6, 6.07) is 16.5. The number of nitrogens with zero attached hydrogens (tertiary/aromatic N) is 1. The lowest BCUT2D eigenvalue weighted by atomic mass is 10.1. The van der Waals surface area contributed by atoms with E-state index in [-0.39, 0.29) is 4.91 Å². The van der Waals surface area contributed by atoms with Crippen molar-refractivity contribution < 1.29 is 17.9 Å². The van der Waals surface area contributed by atoms with Crippen LogP contribution in [-0.4, -0.2) is 24.2 Å². The van der Waals surface area contributed by atoms with Crippen molar-refractivity contribution in [2.24, 2.45) is 0 Å². The quantitative estimate of drug-likeness (QED) is 0.824. The summed E-state index contributed by atoms with van der Waals surface area (Å²) in [5, 5.41) is 0. The highest BCUT2D eigenvalue weighted by atomic mass is 32.2. The molecule has 136 valence electrons. The lowest BCUT2D eigenvalue weighted by molar-refractivity contribution is -0.123. The Labute approximate surface area is 154 Å². The number of benzene rings is 2. The second-order valence-electron chi connectivity index (χ2n) is 7.09. The third-order valence-electron chi connectivity index (χ3n) is 3.95. The van der Waals surface area contributed by atoms with Crippen molar-refractivity contribution >= 4 is 20.8 Å². The number of carbonyl (C=O) groups is 1. The Morgan fingerprint density at radius 2 is 1.69 bits per heavy atom. The maximum Gasteiger partial charge on any atom is 0.268 e. The van der Waals surface area contributed by atoms with E-state index in [4.69, 9.17) is 4.74 Å². The van der Waals surface area contributed by atoms with Crippen molar-refractivity contribution in [1.29, 1.82) is 0 Å². The molecule has 0 spiro atoms. The van der Waals surface area contributed by atoms with Gasteiger partial charge in [0, 0.05) is 6.08 Å². The minimum atomic E-state index is -3.88. The van der Waals surface area contributed by atoms with Crippen LogP contribution in [0.5, 0.6) is 5.75 Å². The fraction of sp³-hybridized carbons (Fsp3) is 0.250. The van der Waals surface area contributed by atoms with E-state index in [1.807, 2.05) is 30.3 Å². The molecule has 5 nitrogen and oxygen atoms in total. The maximum atomic E-state index is 12.8. The normalized spacial score (nSPS) is 16.5. The fourth-order valence-corrected chi connectivity index (χ4v) is 4.75. The average Bonchev–Trinajstić information content (AvgIpc) is 2.83. The van der Waals surface area contributed by atoms with E-state index in [0.29, 0.717) is 17.9 Å². The van der Waals surface area contributed by atoms with Crippen molar-refractivity contribution in [3.8, 4) is 5.75 Å². The van der Waals surface area contributed by atoms with Crippen LogP contribution in [0.1, 0.15) is 31.9 Å². The summed E-state index contributed by atoms with van der Waals surface area (Å²) in [6.07, 6.45) is 1.18. The number of carbonyl (C=O) groups excluding carboxylic acids is 1. The van der Waals surface area contributed by atoms with Crippen molar-refractivity contribution in [2.45, 2.75) is 32.9 Å². The van der Waals surface area contributed by atoms with E-state index in [2.05, 4.69) is 0 Å². The molecule has 0 unspecified atom stereocenters. The number of amides is 1. The molecule has 1 amide bonds. The van der Waals surface area contributed by atoms with Gasteiger partial charge in [0.25, 0.3) is 15.9 Å². The highest BCUT2D eigenvalue weighted by Gasteiger charge is 2.44. The van der Waals surface area contributed by atoms with Crippen LogP contribution < -0.4 is 4.74 Å². The molecule has 0 aliphatic carbocycles. The first-order valence-corrected chi connectivity index (χ1v) is 9.72. The monoisotopic (exact) mass is 371 g/mol. The van der Waals surface area contributed by atoms with Gasteiger partial charge in [-0.2, -0.15) is 0 Å². The highest BCUT2D eigenvalue weighted by Crippen LogP contribution is 2.36. The molecule has 1 aliphatic rings. The molecule has 1 heterocycles. The average molecular weight is 371 g/mol. The summed E-state index contributed by atoms with van der Waals surface area (Å²) in [5.41, 5.74) is 0.630. The summed E-state index contributed by atoms with van der Waals surface area (Å²) in [6.45, 7) is 5.46. The summed E-state index contributed by atoms with van der Waals surface area (Å²) >= 11 is 0. The Morgan fingerprint density at radius 1 is 1.00 bits per heavy atom. The molecule has 2 aromatic carbocycles. The van der Waals surface area contributed by atoms with Gasteiger partial charge in [-0.15, -0.1) is 0 Å². The Kier molecular flexibility index (Phi) is 4.63. The third-order valence-corrected chi connectivity index (χ3v) is 6.07.